The Morgan fingerprint density at radius 3 is 2.38 bits per heavy atom. The van der Waals surface area contributed by atoms with Gasteiger partial charge in [0, 0.05) is 19.6 Å². The first kappa shape index (κ1) is 16.1. The molecule has 0 bridgehead atoms. The molecule has 0 aliphatic carbocycles. The molecule has 2 N–H and O–H groups in total. The smallest absolute Gasteiger partial charge is 0.320 e. The van der Waals surface area contributed by atoms with Gasteiger partial charge in [0.15, 0.2) is 0 Å². The fourth-order valence-corrected chi connectivity index (χ4v) is 3.58. The van der Waals surface area contributed by atoms with Gasteiger partial charge in [-0.1, -0.05) is 13.3 Å². The Labute approximate surface area is 125 Å². The molecule has 6 heteroatoms. The number of hydrogen-bond acceptors (Lipinski definition) is 3. The molecule has 2 amide bonds. The van der Waals surface area contributed by atoms with Gasteiger partial charge in [0.2, 0.25) is 0 Å². The summed E-state index contributed by atoms with van der Waals surface area (Å²) < 4.78 is 0. The number of likely N-dealkylation sites (tertiary alicyclic amines) is 2. The standard InChI is InChI=1S/C15H26N2O4/c1-3-5-15(12(18)19)7-9-17(11-15)13(20)16-8-4-6-14(2,21)10-16/h21H,3-11H2,1-2H3,(H,18,19). The molecule has 120 valence electrons. The topological polar surface area (TPSA) is 81.1 Å². The third kappa shape index (κ3) is 3.31. The quantitative estimate of drug-likeness (QED) is 0.828. The van der Waals surface area contributed by atoms with Crippen molar-refractivity contribution >= 4 is 12.0 Å². The van der Waals surface area contributed by atoms with Crippen LogP contribution in [0.5, 0.6) is 0 Å². The molecule has 0 aromatic carbocycles. The van der Waals surface area contributed by atoms with Crippen LogP contribution < -0.4 is 0 Å². The van der Waals surface area contributed by atoms with Gasteiger partial charge in [-0.2, -0.15) is 0 Å². The summed E-state index contributed by atoms with van der Waals surface area (Å²) in [5.41, 5.74) is -1.62. The molecule has 0 spiro atoms. The maximum Gasteiger partial charge on any atom is 0.320 e. The van der Waals surface area contributed by atoms with Crippen molar-refractivity contribution in [2.45, 2.75) is 51.6 Å². The number of rotatable bonds is 3. The fraction of sp³-hybridized carbons (Fsp3) is 0.867. The van der Waals surface area contributed by atoms with Gasteiger partial charge in [0.05, 0.1) is 17.6 Å². The molecule has 0 radical (unpaired) electrons. The van der Waals surface area contributed by atoms with E-state index >= 15 is 0 Å². The summed E-state index contributed by atoms with van der Waals surface area (Å²) in [7, 11) is 0. The zero-order valence-corrected chi connectivity index (χ0v) is 13.0. The van der Waals surface area contributed by atoms with E-state index in [0.29, 0.717) is 38.9 Å². The summed E-state index contributed by atoms with van der Waals surface area (Å²) in [6.07, 6.45) is 3.40. The highest BCUT2D eigenvalue weighted by Crippen LogP contribution is 2.36. The van der Waals surface area contributed by atoms with Crippen LogP contribution in [0.15, 0.2) is 0 Å². The molecule has 2 aliphatic rings. The number of carboxylic acid groups (broad SMARTS) is 1. The molecule has 0 aromatic heterocycles. The lowest BCUT2D eigenvalue weighted by atomic mass is 9.83. The maximum absolute atomic E-state index is 12.6. The van der Waals surface area contributed by atoms with Crippen molar-refractivity contribution in [3.05, 3.63) is 0 Å². The Kier molecular flexibility index (Phi) is 4.46. The van der Waals surface area contributed by atoms with Gasteiger partial charge in [0.25, 0.3) is 0 Å². The van der Waals surface area contributed by atoms with Crippen molar-refractivity contribution in [2.24, 2.45) is 5.41 Å². The molecule has 2 aliphatic heterocycles. The van der Waals surface area contributed by atoms with Crippen LogP contribution in [-0.4, -0.2) is 63.8 Å². The van der Waals surface area contributed by atoms with Crippen molar-refractivity contribution in [3.63, 3.8) is 0 Å². The van der Waals surface area contributed by atoms with E-state index in [4.69, 9.17) is 0 Å². The van der Waals surface area contributed by atoms with E-state index in [0.717, 1.165) is 12.8 Å². The Bertz CT molecular complexity index is 424. The molecular weight excluding hydrogens is 272 g/mol. The second-order valence-electron chi connectivity index (χ2n) is 6.81. The number of nitrogens with zero attached hydrogens (tertiary/aromatic N) is 2. The number of aliphatic hydroxyl groups is 1. The average Bonchev–Trinajstić information content (AvgIpc) is 2.83. The minimum atomic E-state index is -0.832. The number of carboxylic acids is 1. The SMILES string of the molecule is CCCC1(C(=O)O)CCN(C(=O)N2CCCC(C)(O)C2)C1. The second kappa shape index (κ2) is 5.83. The molecule has 2 unspecified atom stereocenters. The number of amides is 2. The Morgan fingerprint density at radius 1 is 1.14 bits per heavy atom. The second-order valence-corrected chi connectivity index (χ2v) is 6.81. The summed E-state index contributed by atoms with van der Waals surface area (Å²) in [6.45, 7) is 5.46. The first-order chi connectivity index (χ1) is 9.80. The van der Waals surface area contributed by atoms with Gasteiger partial charge in [-0.05, 0) is 32.6 Å². The molecule has 6 nitrogen and oxygen atoms in total. The number of urea groups is 1. The minimum absolute atomic E-state index is 0.130. The predicted molar refractivity (Wildman–Crippen MR) is 78.0 cm³/mol. The van der Waals surface area contributed by atoms with E-state index < -0.39 is 17.0 Å². The fourth-order valence-electron chi connectivity index (χ4n) is 3.58. The van der Waals surface area contributed by atoms with Gasteiger partial charge >= 0.3 is 12.0 Å². The third-order valence-corrected chi connectivity index (χ3v) is 4.75. The molecule has 0 aromatic rings. The van der Waals surface area contributed by atoms with Crippen molar-refractivity contribution in [2.75, 3.05) is 26.2 Å². The van der Waals surface area contributed by atoms with Crippen LogP contribution in [0.2, 0.25) is 0 Å². The number of β-amino-alcohol motifs (C(OH)–C–C–N with tert-alkyl or cyclic N) is 1. The van der Waals surface area contributed by atoms with Gasteiger partial charge in [-0.25, -0.2) is 4.79 Å². The molecule has 2 rings (SSSR count). The van der Waals surface area contributed by atoms with Crippen LogP contribution in [0.1, 0.15) is 46.0 Å². The molecule has 2 heterocycles. The highest BCUT2D eigenvalue weighted by atomic mass is 16.4. The van der Waals surface area contributed by atoms with Gasteiger partial charge in [-0.3, -0.25) is 4.79 Å². The minimum Gasteiger partial charge on any atom is -0.481 e. The van der Waals surface area contributed by atoms with Crippen molar-refractivity contribution < 1.29 is 19.8 Å². The van der Waals surface area contributed by atoms with Gasteiger partial charge in [-0.15, -0.1) is 0 Å². The Balaban J connectivity index is 2.03. The molecule has 2 atom stereocenters. The van der Waals surface area contributed by atoms with Crippen LogP contribution >= 0.6 is 0 Å². The van der Waals surface area contributed by atoms with Crippen LogP contribution in [0.25, 0.3) is 0 Å². The summed E-state index contributed by atoms with van der Waals surface area (Å²) in [4.78, 5) is 27.4. The normalized spacial score (nSPS) is 33.3. The largest absolute Gasteiger partial charge is 0.481 e. The lowest BCUT2D eigenvalue weighted by Crippen LogP contribution is -2.53. The summed E-state index contributed by atoms with van der Waals surface area (Å²) in [6, 6.07) is -0.130. The van der Waals surface area contributed by atoms with Crippen molar-refractivity contribution in [1.29, 1.82) is 0 Å². The first-order valence-electron chi connectivity index (χ1n) is 7.79. The number of carbonyl (C=O) groups is 2. The summed E-state index contributed by atoms with van der Waals surface area (Å²) in [5.74, 6) is -0.801. The average molecular weight is 298 g/mol. The summed E-state index contributed by atoms with van der Waals surface area (Å²) in [5, 5.41) is 19.6. The van der Waals surface area contributed by atoms with E-state index in [1.54, 1.807) is 16.7 Å². The number of aliphatic carboxylic acids is 1. The van der Waals surface area contributed by atoms with Crippen LogP contribution in [0.3, 0.4) is 0 Å². The molecule has 2 fully saturated rings. The van der Waals surface area contributed by atoms with Crippen LogP contribution in [0.4, 0.5) is 4.79 Å². The zero-order chi connectivity index (χ0) is 15.7. The molecule has 2 saturated heterocycles. The number of hydrogen-bond donors (Lipinski definition) is 2. The van der Waals surface area contributed by atoms with Gasteiger partial charge in [0.1, 0.15) is 0 Å². The van der Waals surface area contributed by atoms with Crippen molar-refractivity contribution in [3.8, 4) is 0 Å². The maximum atomic E-state index is 12.6. The Morgan fingerprint density at radius 2 is 1.81 bits per heavy atom. The third-order valence-electron chi connectivity index (χ3n) is 4.75. The van der Waals surface area contributed by atoms with Crippen LogP contribution in [-0.2, 0) is 4.79 Å². The lowest BCUT2D eigenvalue weighted by Gasteiger charge is -2.38. The van der Waals surface area contributed by atoms with Crippen LogP contribution in [0, 0.1) is 5.41 Å². The molecule has 0 saturated carbocycles. The highest BCUT2D eigenvalue weighted by Gasteiger charge is 2.46. The van der Waals surface area contributed by atoms with Gasteiger partial charge < -0.3 is 20.0 Å². The zero-order valence-electron chi connectivity index (χ0n) is 13.0. The van der Waals surface area contributed by atoms with Crippen molar-refractivity contribution in [1.82, 2.24) is 9.80 Å². The summed E-state index contributed by atoms with van der Waals surface area (Å²) >= 11 is 0. The van der Waals surface area contributed by atoms with E-state index in [1.165, 1.54) is 0 Å². The Hall–Kier alpha value is -1.30. The highest BCUT2D eigenvalue weighted by molar-refractivity contribution is 5.80. The first-order valence-corrected chi connectivity index (χ1v) is 7.79. The predicted octanol–water partition coefficient (Wildman–Crippen LogP) is 1.53. The van der Waals surface area contributed by atoms with E-state index in [-0.39, 0.29) is 12.6 Å². The van der Waals surface area contributed by atoms with E-state index in [1.807, 2.05) is 6.92 Å². The molecule has 21 heavy (non-hydrogen) atoms. The van der Waals surface area contributed by atoms with E-state index in [9.17, 15) is 19.8 Å². The lowest BCUT2D eigenvalue weighted by molar-refractivity contribution is -0.148. The molecular formula is C15H26N2O4. The van der Waals surface area contributed by atoms with E-state index in [2.05, 4.69) is 0 Å². The monoisotopic (exact) mass is 298 g/mol. The number of piperidine rings is 1. The number of carbonyl (C=O) groups excluding carboxylic acids is 1.